The van der Waals surface area contributed by atoms with E-state index >= 15 is 0 Å². The van der Waals surface area contributed by atoms with E-state index in [2.05, 4.69) is 5.32 Å². The van der Waals surface area contributed by atoms with Gasteiger partial charge in [-0.05, 0) is 60.2 Å². The van der Waals surface area contributed by atoms with E-state index in [0.29, 0.717) is 17.9 Å². The van der Waals surface area contributed by atoms with Gasteiger partial charge in [0.1, 0.15) is 0 Å². The Morgan fingerprint density at radius 1 is 0.944 bits per heavy atom. The molecule has 0 saturated carbocycles. The predicted octanol–water partition coefficient (Wildman–Crippen LogP) is 4.97. The molecule has 0 saturated heterocycles. The Bertz CT molecular complexity index is 1280. The zero-order valence-corrected chi connectivity index (χ0v) is 20.2. The highest BCUT2D eigenvalue weighted by Gasteiger charge is 2.37. The van der Waals surface area contributed by atoms with Gasteiger partial charge in [0.2, 0.25) is 0 Å². The Balaban J connectivity index is 0.000000538. The van der Waals surface area contributed by atoms with Crippen LogP contribution < -0.4 is 16.0 Å². The minimum atomic E-state index is -4.49. The minimum absolute atomic E-state index is 0.0885. The van der Waals surface area contributed by atoms with Crippen LogP contribution in [0, 0.1) is 0 Å². The van der Waals surface area contributed by atoms with E-state index in [0.717, 1.165) is 34.7 Å². The molecule has 3 N–H and O–H groups in total. The first kappa shape index (κ1) is 26.9. The van der Waals surface area contributed by atoms with E-state index < -0.39 is 34.6 Å². The summed E-state index contributed by atoms with van der Waals surface area (Å²) < 4.78 is 57.7. The molecule has 190 valence electrons. The van der Waals surface area contributed by atoms with E-state index in [9.17, 15) is 31.5 Å². The number of hydrogen-bond acceptors (Lipinski definition) is 6. The monoisotopic (exact) mass is 518 g/mol. The normalized spacial score (nSPS) is 13.8. The third-order valence-electron chi connectivity index (χ3n) is 5.20. The molecular formula is C25H23F3N3O4S-. The average molecular weight is 519 g/mol. The fourth-order valence-corrected chi connectivity index (χ4v) is 3.22. The maximum Gasteiger partial charge on any atom is 0.416 e. The summed E-state index contributed by atoms with van der Waals surface area (Å²) in [5.74, 6) is -1.15. The molecule has 1 aliphatic rings. The van der Waals surface area contributed by atoms with Gasteiger partial charge in [0.15, 0.2) is 0 Å². The molecule has 0 aliphatic carbocycles. The summed E-state index contributed by atoms with van der Waals surface area (Å²) in [6.45, 7) is 3.75. The summed E-state index contributed by atoms with van der Waals surface area (Å²) in [7, 11) is 0. The van der Waals surface area contributed by atoms with Crippen molar-refractivity contribution in [2.24, 2.45) is 0 Å². The van der Waals surface area contributed by atoms with Gasteiger partial charge < -0.3 is 15.6 Å². The zero-order valence-electron chi connectivity index (χ0n) is 19.3. The third kappa shape index (κ3) is 6.29. The first-order valence-corrected chi connectivity index (χ1v) is 11.9. The lowest BCUT2D eigenvalue weighted by molar-refractivity contribution is -0.137. The molecule has 3 aromatic rings. The molecule has 1 atom stereocenters. The number of fused-ring (bicyclic) bond motifs is 1. The highest BCUT2D eigenvalue weighted by atomic mass is 32.2. The van der Waals surface area contributed by atoms with Crippen LogP contribution in [-0.4, -0.2) is 25.8 Å². The Labute approximate surface area is 208 Å². The number of nitrogens with zero attached hydrogens (tertiary/aromatic N) is 1. The number of benzene rings is 3. The average Bonchev–Trinajstić information content (AvgIpc) is 3.08. The molecule has 0 spiro atoms. The third-order valence-corrected chi connectivity index (χ3v) is 5.97. The number of hydrogen-bond donors (Lipinski definition) is 2. The number of carbonyl (C=O) groups excluding carboxylic acids is 2. The maximum absolute atomic E-state index is 12.8. The zero-order chi connectivity index (χ0) is 26.6. The van der Waals surface area contributed by atoms with Crippen LogP contribution in [0.4, 0.5) is 30.2 Å². The number of rotatable bonds is 5. The Kier molecular flexibility index (Phi) is 8.16. The molecule has 3 aromatic carbocycles. The topological polar surface area (TPSA) is 116 Å². The van der Waals surface area contributed by atoms with Crippen molar-refractivity contribution >= 4 is 40.0 Å². The van der Waals surface area contributed by atoms with Crippen LogP contribution in [-0.2, 0) is 23.8 Å². The number of carbonyl (C=O) groups is 2. The lowest BCUT2D eigenvalue weighted by atomic mass is 10.1. The van der Waals surface area contributed by atoms with E-state index in [-0.39, 0.29) is 22.1 Å². The lowest BCUT2D eigenvalue weighted by Crippen LogP contribution is -2.29. The number of nitrogen functional groups attached to an aromatic ring is 1. The maximum atomic E-state index is 12.8. The minimum Gasteiger partial charge on any atom is -0.772 e. The Morgan fingerprint density at radius 3 is 2.03 bits per heavy atom. The van der Waals surface area contributed by atoms with Gasteiger partial charge in [-0.25, -0.2) is 4.90 Å². The van der Waals surface area contributed by atoms with Gasteiger partial charge in [0.05, 0.1) is 22.4 Å². The number of anilines is 3. The van der Waals surface area contributed by atoms with E-state index in [1.807, 2.05) is 12.1 Å². The predicted molar refractivity (Wildman–Crippen MR) is 131 cm³/mol. The molecule has 1 heterocycles. The molecule has 0 fully saturated rings. The molecule has 1 aliphatic heterocycles. The van der Waals surface area contributed by atoms with Crippen molar-refractivity contribution in [1.29, 1.82) is 0 Å². The van der Waals surface area contributed by atoms with Crippen molar-refractivity contribution in [2.45, 2.75) is 31.8 Å². The van der Waals surface area contributed by atoms with Gasteiger partial charge in [-0.3, -0.25) is 13.8 Å². The van der Waals surface area contributed by atoms with Gasteiger partial charge in [0, 0.05) is 23.2 Å². The highest BCUT2D eigenvalue weighted by molar-refractivity contribution is 7.79. The number of halogens is 3. The van der Waals surface area contributed by atoms with Crippen molar-refractivity contribution in [3.05, 3.63) is 89.0 Å². The van der Waals surface area contributed by atoms with Gasteiger partial charge in [-0.2, -0.15) is 13.2 Å². The molecule has 2 amide bonds. The second kappa shape index (κ2) is 10.9. The van der Waals surface area contributed by atoms with Crippen molar-refractivity contribution < 1.29 is 31.5 Å². The number of nitrogens with one attached hydrogen (secondary N) is 1. The summed E-state index contributed by atoms with van der Waals surface area (Å²) in [6, 6.07) is 16.0. The van der Waals surface area contributed by atoms with Crippen LogP contribution in [0.2, 0.25) is 0 Å². The first-order valence-electron chi connectivity index (χ1n) is 10.7. The van der Waals surface area contributed by atoms with Crippen molar-refractivity contribution in [2.75, 3.05) is 16.0 Å². The molecule has 36 heavy (non-hydrogen) atoms. The fourth-order valence-electron chi connectivity index (χ4n) is 3.22. The van der Waals surface area contributed by atoms with Crippen LogP contribution in [0.15, 0.2) is 66.7 Å². The smallest absolute Gasteiger partial charge is 0.416 e. The highest BCUT2D eigenvalue weighted by Crippen LogP contribution is 2.34. The summed E-state index contributed by atoms with van der Waals surface area (Å²) in [6.07, 6.45) is -4.49. The van der Waals surface area contributed by atoms with Gasteiger partial charge in [-0.1, -0.05) is 37.1 Å². The summed E-state index contributed by atoms with van der Waals surface area (Å²) in [5.41, 5.74) is 7.59. The van der Waals surface area contributed by atoms with Crippen LogP contribution in [0.3, 0.4) is 0 Å². The standard InChI is InChI=1S/C22H16F3N3O2.C3H8O2S/c23-22(24,25)14-3-8-17(9-4-14)28-20(29)18-10-7-16(11-19(18)21(28)30)27-12-13-1-5-15(26)6-2-13;1-3(2)6(4)5/h1-11,27H,12,26H2;3H,1-2H3,(H,4,5)/p-1. The first-order chi connectivity index (χ1) is 16.9. The van der Waals surface area contributed by atoms with E-state index in [1.165, 1.54) is 6.07 Å². The summed E-state index contributed by atoms with van der Waals surface area (Å²) in [5, 5.41) is 2.94. The van der Waals surface area contributed by atoms with Gasteiger partial charge >= 0.3 is 6.18 Å². The largest absolute Gasteiger partial charge is 0.772 e. The molecule has 4 rings (SSSR count). The molecular weight excluding hydrogens is 495 g/mol. The van der Waals surface area contributed by atoms with Crippen molar-refractivity contribution in [1.82, 2.24) is 0 Å². The molecule has 11 heteroatoms. The van der Waals surface area contributed by atoms with Crippen molar-refractivity contribution in [3.8, 4) is 0 Å². The van der Waals surface area contributed by atoms with Crippen LogP contribution in [0.1, 0.15) is 45.7 Å². The Hall–Kier alpha value is -3.70. The van der Waals surface area contributed by atoms with Crippen LogP contribution in [0.5, 0.6) is 0 Å². The molecule has 7 nitrogen and oxygen atoms in total. The number of nitrogens with two attached hydrogens (primary N) is 1. The number of amides is 2. The molecule has 0 aromatic heterocycles. The number of imide groups is 1. The van der Waals surface area contributed by atoms with Crippen molar-refractivity contribution in [3.63, 3.8) is 0 Å². The van der Waals surface area contributed by atoms with E-state index in [4.69, 9.17) is 5.73 Å². The van der Waals surface area contributed by atoms with Gasteiger partial charge in [-0.15, -0.1) is 0 Å². The fraction of sp³-hybridized carbons (Fsp3) is 0.200. The number of alkyl halides is 3. The molecule has 0 radical (unpaired) electrons. The second-order valence-corrected chi connectivity index (χ2v) is 9.62. The van der Waals surface area contributed by atoms with Crippen LogP contribution in [0.25, 0.3) is 0 Å². The molecule has 1 unspecified atom stereocenters. The summed E-state index contributed by atoms with van der Waals surface area (Å²) in [4.78, 5) is 26.3. The quantitative estimate of drug-likeness (QED) is 0.280. The lowest BCUT2D eigenvalue weighted by Gasteiger charge is -2.15. The summed E-state index contributed by atoms with van der Waals surface area (Å²) >= 11 is -1.87. The van der Waals surface area contributed by atoms with Gasteiger partial charge in [0.25, 0.3) is 11.8 Å². The van der Waals surface area contributed by atoms with E-state index in [1.54, 1.807) is 38.1 Å². The van der Waals surface area contributed by atoms with Crippen LogP contribution >= 0.6 is 0 Å². The Morgan fingerprint density at radius 2 is 1.50 bits per heavy atom. The SMILES string of the molecule is CC(C)S(=O)[O-].Nc1ccc(CNc2ccc3c(c2)C(=O)N(c2ccc(C(F)(F)F)cc2)C3=O)cc1. The molecule has 0 bridgehead atoms. The second-order valence-electron chi connectivity index (χ2n) is 8.16.